The minimum Gasteiger partial charge on any atom is -0.476 e. The fourth-order valence-corrected chi connectivity index (χ4v) is 5.08. The molecule has 1 atom stereocenters. The van der Waals surface area contributed by atoms with E-state index in [1.165, 1.54) is 23.1 Å². The van der Waals surface area contributed by atoms with Gasteiger partial charge in [-0.25, -0.2) is 9.78 Å². The Kier molecular flexibility index (Phi) is 6.32. The van der Waals surface area contributed by atoms with Crippen LogP contribution in [0, 0.1) is 0 Å². The molecule has 2 aliphatic heterocycles. The molecule has 0 radical (unpaired) electrons. The molecule has 2 saturated heterocycles. The molecule has 138 valence electrons. The first-order chi connectivity index (χ1) is 12.0. The zero-order chi connectivity index (χ0) is 17.8. The Labute approximate surface area is 156 Å². The summed E-state index contributed by atoms with van der Waals surface area (Å²) in [4.78, 5) is 34.0. The SMILES string of the molecule is CN1CCN(C[C@H]2CCC(=O)N2CCSc2nc(C(=O)O)cs2)CC1. The number of carbonyl (C=O) groups is 2. The molecular weight excluding hydrogens is 360 g/mol. The molecule has 0 spiro atoms. The fraction of sp³-hybridized carbons (Fsp3) is 0.688. The third-order valence-corrected chi connectivity index (χ3v) is 6.78. The number of piperazine rings is 1. The van der Waals surface area contributed by atoms with E-state index in [2.05, 4.69) is 21.8 Å². The first kappa shape index (κ1) is 18.6. The van der Waals surface area contributed by atoms with Crippen molar-refractivity contribution < 1.29 is 14.7 Å². The third-order valence-electron chi connectivity index (χ3n) is 4.78. The van der Waals surface area contributed by atoms with E-state index in [0.717, 1.165) is 49.2 Å². The average Bonchev–Trinajstić information content (AvgIpc) is 3.19. The lowest BCUT2D eigenvalue weighted by Gasteiger charge is -2.36. The molecule has 3 heterocycles. The van der Waals surface area contributed by atoms with E-state index in [0.29, 0.717) is 19.0 Å². The maximum absolute atomic E-state index is 12.2. The van der Waals surface area contributed by atoms with E-state index in [-0.39, 0.29) is 11.6 Å². The number of hydrogen-bond donors (Lipinski definition) is 1. The molecule has 1 aromatic heterocycles. The van der Waals surface area contributed by atoms with Crippen LogP contribution in [-0.2, 0) is 4.79 Å². The first-order valence-corrected chi connectivity index (χ1v) is 10.4. The van der Waals surface area contributed by atoms with E-state index in [9.17, 15) is 9.59 Å². The zero-order valence-corrected chi connectivity index (χ0v) is 16.0. The molecule has 2 fully saturated rings. The number of carboxylic acid groups (broad SMARTS) is 1. The van der Waals surface area contributed by atoms with Crippen LogP contribution >= 0.6 is 23.1 Å². The minimum atomic E-state index is -0.995. The van der Waals surface area contributed by atoms with E-state index in [1.54, 1.807) is 5.38 Å². The van der Waals surface area contributed by atoms with Crippen LogP contribution in [0.5, 0.6) is 0 Å². The van der Waals surface area contributed by atoms with Crippen molar-refractivity contribution in [3.63, 3.8) is 0 Å². The van der Waals surface area contributed by atoms with Crippen LogP contribution in [0.3, 0.4) is 0 Å². The first-order valence-electron chi connectivity index (χ1n) is 8.55. The van der Waals surface area contributed by atoms with Crippen molar-refractivity contribution in [2.24, 2.45) is 0 Å². The van der Waals surface area contributed by atoms with Crippen LogP contribution < -0.4 is 0 Å². The van der Waals surface area contributed by atoms with Crippen LogP contribution in [0.1, 0.15) is 23.3 Å². The molecule has 2 aliphatic rings. The van der Waals surface area contributed by atoms with E-state index < -0.39 is 5.97 Å². The average molecular weight is 385 g/mol. The van der Waals surface area contributed by atoms with E-state index in [4.69, 9.17) is 5.11 Å². The van der Waals surface area contributed by atoms with Gasteiger partial charge < -0.3 is 14.9 Å². The van der Waals surface area contributed by atoms with Crippen LogP contribution in [-0.4, -0.2) is 94.8 Å². The predicted octanol–water partition coefficient (Wildman–Crippen LogP) is 1.17. The number of nitrogens with zero attached hydrogens (tertiary/aromatic N) is 4. The second kappa shape index (κ2) is 8.48. The van der Waals surface area contributed by atoms with Gasteiger partial charge in [-0.3, -0.25) is 9.69 Å². The Morgan fingerprint density at radius 3 is 2.84 bits per heavy atom. The number of hydrogen-bond acceptors (Lipinski definition) is 7. The molecule has 9 heteroatoms. The Hall–Kier alpha value is -1.16. The molecule has 0 bridgehead atoms. The molecule has 0 saturated carbocycles. The summed E-state index contributed by atoms with van der Waals surface area (Å²) in [5, 5.41) is 10.5. The van der Waals surface area contributed by atoms with Gasteiger partial charge in [-0.05, 0) is 13.5 Å². The lowest BCUT2D eigenvalue weighted by molar-refractivity contribution is -0.128. The van der Waals surface area contributed by atoms with Crippen LogP contribution in [0.4, 0.5) is 0 Å². The number of rotatable bonds is 7. The molecule has 3 rings (SSSR count). The van der Waals surface area contributed by atoms with Gasteiger partial charge in [0.2, 0.25) is 5.91 Å². The zero-order valence-electron chi connectivity index (χ0n) is 14.4. The quantitative estimate of drug-likeness (QED) is 0.707. The van der Waals surface area contributed by atoms with Crippen molar-refractivity contribution in [3.05, 3.63) is 11.1 Å². The number of amides is 1. The third kappa shape index (κ3) is 4.93. The summed E-state index contributed by atoms with van der Waals surface area (Å²) < 4.78 is 0.750. The maximum atomic E-state index is 12.2. The van der Waals surface area contributed by atoms with Crippen molar-refractivity contribution in [1.82, 2.24) is 19.7 Å². The van der Waals surface area contributed by atoms with Gasteiger partial charge in [-0.15, -0.1) is 11.3 Å². The standard InChI is InChI=1S/C16H24N4O3S2/c1-18-4-6-19(7-5-18)10-12-2-3-14(21)20(12)8-9-24-16-17-13(11-25-16)15(22)23/h11-12H,2-10H2,1H3,(H,22,23)/t12-/m1/s1. The van der Waals surface area contributed by atoms with Crippen molar-refractivity contribution in [3.8, 4) is 0 Å². The van der Waals surface area contributed by atoms with Crippen molar-refractivity contribution >= 4 is 35.0 Å². The summed E-state index contributed by atoms with van der Waals surface area (Å²) in [6.45, 7) is 5.98. The summed E-state index contributed by atoms with van der Waals surface area (Å²) in [7, 11) is 2.15. The highest BCUT2D eigenvalue weighted by atomic mass is 32.2. The molecule has 1 amide bonds. The van der Waals surface area contributed by atoms with Gasteiger partial charge in [0.1, 0.15) is 0 Å². The normalized spacial score (nSPS) is 22.7. The van der Waals surface area contributed by atoms with Crippen LogP contribution in [0.15, 0.2) is 9.72 Å². The second-order valence-corrected chi connectivity index (χ2v) is 8.74. The Morgan fingerprint density at radius 2 is 2.16 bits per heavy atom. The summed E-state index contributed by atoms with van der Waals surface area (Å²) in [5.41, 5.74) is 0.0951. The van der Waals surface area contributed by atoms with Crippen LogP contribution in [0.2, 0.25) is 0 Å². The van der Waals surface area contributed by atoms with Crippen molar-refractivity contribution in [2.45, 2.75) is 23.2 Å². The topological polar surface area (TPSA) is 77.0 Å². The Bertz CT molecular complexity index is 616. The van der Waals surface area contributed by atoms with Gasteiger partial charge in [0.25, 0.3) is 0 Å². The molecule has 0 aliphatic carbocycles. The van der Waals surface area contributed by atoms with Gasteiger partial charge in [-0.2, -0.15) is 0 Å². The number of aromatic carboxylic acids is 1. The maximum Gasteiger partial charge on any atom is 0.355 e. The number of thioether (sulfide) groups is 1. The van der Waals surface area contributed by atoms with Gasteiger partial charge in [0.15, 0.2) is 10.0 Å². The largest absolute Gasteiger partial charge is 0.476 e. The minimum absolute atomic E-state index is 0.0951. The Morgan fingerprint density at radius 1 is 1.40 bits per heavy atom. The highest BCUT2D eigenvalue weighted by molar-refractivity contribution is 8.01. The molecule has 1 N–H and O–H groups in total. The summed E-state index contributed by atoms with van der Waals surface area (Å²) in [6, 6.07) is 0.308. The van der Waals surface area contributed by atoms with Crippen molar-refractivity contribution in [2.75, 3.05) is 52.1 Å². The molecule has 1 aromatic rings. The number of carboxylic acids is 1. The summed E-state index contributed by atoms with van der Waals surface area (Å²) in [5.74, 6) is -0.00692. The molecule has 7 nitrogen and oxygen atoms in total. The van der Waals surface area contributed by atoms with Gasteiger partial charge in [0, 0.05) is 62.9 Å². The molecule has 25 heavy (non-hydrogen) atoms. The number of thiazole rings is 1. The molecule has 0 aromatic carbocycles. The lowest BCUT2D eigenvalue weighted by Crippen LogP contribution is -2.49. The highest BCUT2D eigenvalue weighted by Crippen LogP contribution is 2.25. The summed E-state index contributed by atoms with van der Waals surface area (Å²) in [6.07, 6.45) is 1.58. The predicted molar refractivity (Wildman–Crippen MR) is 98.5 cm³/mol. The number of likely N-dealkylation sites (N-methyl/N-ethyl adjacent to an activating group) is 1. The van der Waals surface area contributed by atoms with Gasteiger partial charge in [-0.1, -0.05) is 11.8 Å². The molecule has 0 unspecified atom stereocenters. The molecular formula is C16H24N4O3S2. The van der Waals surface area contributed by atoms with Crippen LogP contribution in [0.25, 0.3) is 0 Å². The number of likely N-dealkylation sites (tertiary alicyclic amines) is 1. The monoisotopic (exact) mass is 384 g/mol. The second-order valence-electron chi connectivity index (χ2n) is 6.54. The fourth-order valence-electron chi connectivity index (χ4n) is 3.27. The van der Waals surface area contributed by atoms with E-state index in [1.807, 2.05) is 4.90 Å². The van der Waals surface area contributed by atoms with Gasteiger partial charge in [0.05, 0.1) is 0 Å². The van der Waals surface area contributed by atoms with E-state index >= 15 is 0 Å². The number of carbonyl (C=O) groups excluding carboxylic acids is 1. The smallest absolute Gasteiger partial charge is 0.355 e. The van der Waals surface area contributed by atoms with Crippen molar-refractivity contribution in [1.29, 1.82) is 0 Å². The lowest BCUT2D eigenvalue weighted by atomic mass is 10.2. The summed E-state index contributed by atoms with van der Waals surface area (Å²) >= 11 is 2.87. The number of aromatic nitrogens is 1. The highest BCUT2D eigenvalue weighted by Gasteiger charge is 2.32. The Balaban J connectivity index is 1.47. The van der Waals surface area contributed by atoms with Gasteiger partial charge >= 0.3 is 5.97 Å².